The van der Waals surface area contributed by atoms with E-state index in [-0.39, 0.29) is 31.5 Å². The number of rotatable bonds is 14. The third-order valence-electron chi connectivity index (χ3n) is 8.66. The lowest BCUT2D eigenvalue weighted by Gasteiger charge is -2.37. The molecule has 0 spiro atoms. The molecule has 0 saturated carbocycles. The fourth-order valence-electron chi connectivity index (χ4n) is 6.18. The van der Waals surface area contributed by atoms with Crippen LogP contribution in [0.2, 0.25) is 0 Å². The minimum absolute atomic E-state index is 0. The smallest absolute Gasteiger partial charge is 0.407 e. The van der Waals surface area contributed by atoms with E-state index in [4.69, 9.17) is 4.74 Å². The second-order valence-electron chi connectivity index (χ2n) is 11.7. The summed E-state index contributed by atoms with van der Waals surface area (Å²) >= 11 is 0. The maximum absolute atomic E-state index is 13.0. The number of carbonyl (C=O) groups is 2. The molecule has 1 heterocycles. The number of halogens is 1. The van der Waals surface area contributed by atoms with Gasteiger partial charge in [-0.15, -0.1) is 12.4 Å². The number of nitrogens with zero attached hydrogens (tertiary/aromatic N) is 1. The highest BCUT2D eigenvalue weighted by Gasteiger charge is 2.34. The lowest BCUT2D eigenvalue weighted by atomic mass is 9.71. The summed E-state index contributed by atoms with van der Waals surface area (Å²) in [6.07, 6.45) is 3.48. The minimum atomic E-state index is -0.617. The van der Waals surface area contributed by atoms with Gasteiger partial charge in [-0.3, -0.25) is 4.79 Å². The van der Waals surface area contributed by atoms with E-state index in [0.29, 0.717) is 12.6 Å². The molecular formula is C38H45ClN4O3. The van der Waals surface area contributed by atoms with Gasteiger partial charge in [-0.2, -0.15) is 0 Å². The summed E-state index contributed by atoms with van der Waals surface area (Å²) in [7, 11) is 0. The molecule has 4 aromatic rings. The van der Waals surface area contributed by atoms with Crippen LogP contribution < -0.4 is 16.0 Å². The molecule has 4 aromatic carbocycles. The molecule has 0 radical (unpaired) electrons. The van der Waals surface area contributed by atoms with Crippen molar-refractivity contribution in [2.45, 2.75) is 43.7 Å². The first-order chi connectivity index (χ1) is 22.1. The van der Waals surface area contributed by atoms with E-state index < -0.39 is 11.5 Å². The molecule has 0 aliphatic carbocycles. The van der Waals surface area contributed by atoms with Crippen LogP contribution in [-0.4, -0.2) is 55.7 Å². The van der Waals surface area contributed by atoms with Crippen LogP contribution in [0.25, 0.3) is 0 Å². The standard InChI is InChI=1S/C38H44N4O3.ClH/c43-36(28-39-37(44)45-29-31-14-5-1-6-15-31)40-30-38(32-16-7-2-8-17-32,33-18-9-3-10-19-33)24-13-25-42-26-22-35(23-27-42)41-34-20-11-4-12-21-34;/h1-12,14-21,35,41H,13,22-30H2,(H,39,44)(H,40,43);1H. The monoisotopic (exact) mass is 640 g/mol. The van der Waals surface area contributed by atoms with Gasteiger partial charge in [-0.1, -0.05) is 109 Å². The number of hydrogen-bond donors (Lipinski definition) is 3. The summed E-state index contributed by atoms with van der Waals surface area (Å²) in [5.74, 6) is -0.254. The van der Waals surface area contributed by atoms with Gasteiger partial charge in [0.15, 0.2) is 0 Å². The van der Waals surface area contributed by atoms with Crippen LogP contribution >= 0.6 is 12.4 Å². The van der Waals surface area contributed by atoms with E-state index in [1.165, 1.54) is 5.69 Å². The highest BCUT2D eigenvalue weighted by molar-refractivity contribution is 5.85. The summed E-state index contributed by atoms with van der Waals surface area (Å²) in [6.45, 7) is 3.56. The normalized spacial score (nSPS) is 13.7. The third-order valence-corrected chi connectivity index (χ3v) is 8.66. The highest BCUT2D eigenvalue weighted by atomic mass is 35.5. The second kappa shape index (κ2) is 18.0. The Kier molecular flexibility index (Phi) is 13.5. The summed E-state index contributed by atoms with van der Waals surface area (Å²) in [6, 6.07) is 41.3. The zero-order valence-corrected chi connectivity index (χ0v) is 27.1. The van der Waals surface area contributed by atoms with Gasteiger partial charge in [-0.05, 0) is 61.1 Å². The summed E-state index contributed by atoms with van der Waals surface area (Å²) < 4.78 is 5.27. The maximum Gasteiger partial charge on any atom is 0.407 e. The molecule has 46 heavy (non-hydrogen) atoms. The predicted octanol–water partition coefficient (Wildman–Crippen LogP) is 6.79. The number of para-hydroxylation sites is 1. The van der Waals surface area contributed by atoms with Crippen LogP contribution in [0.1, 0.15) is 42.4 Å². The topological polar surface area (TPSA) is 82.7 Å². The van der Waals surface area contributed by atoms with Crippen LogP contribution in [-0.2, 0) is 21.6 Å². The molecule has 8 heteroatoms. The number of carbonyl (C=O) groups excluding carboxylic acids is 2. The van der Waals surface area contributed by atoms with Gasteiger partial charge in [-0.25, -0.2) is 4.79 Å². The Balaban J connectivity index is 0.00000480. The Bertz CT molecular complexity index is 1410. The first kappa shape index (κ1) is 34.5. The van der Waals surface area contributed by atoms with Crippen molar-refractivity contribution in [3.05, 3.63) is 138 Å². The van der Waals surface area contributed by atoms with Crippen molar-refractivity contribution in [1.82, 2.24) is 15.5 Å². The number of hydrogen-bond acceptors (Lipinski definition) is 5. The van der Waals surface area contributed by atoms with Gasteiger partial charge in [0.1, 0.15) is 6.61 Å². The van der Waals surface area contributed by atoms with E-state index in [1.807, 2.05) is 48.5 Å². The number of benzene rings is 4. The van der Waals surface area contributed by atoms with Crippen LogP contribution in [0.4, 0.5) is 10.5 Å². The zero-order valence-electron chi connectivity index (χ0n) is 26.3. The van der Waals surface area contributed by atoms with Crippen molar-refractivity contribution in [3.8, 4) is 0 Å². The highest BCUT2D eigenvalue weighted by Crippen LogP contribution is 2.36. The number of piperidine rings is 1. The van der Waals surface area contributed by atoms with Gasteiger partial charge >= 0.3 is 6.09 Å². The van der Waals surface area contributed by atoms with Crippen molar-refractivity contribution in [3.63, 3.8) is 0 Å². The van der Waals surface area contributed by atoms with Gasteiger partial charge in [0, 0.05) is 36.8 Å². The predicted molar refractivity (Wildman–Crippen MR) is 187 cm³/mol. The maximum atomic E-state index is 13.0. The molecule has 0 aromatic heterocycles. The van der Waals surface area contributed by atoms with Gasteiger partial charge in [0.05, 0.1) is 6.54 Å². The van der Waals surface area contributed by atoms with Crippen LogP contribution in [0.3, 0.4) is 0 Å². The quantitative estimate of drug-likeness (QED) is 0.141. The molecule has 2 amide bonds. The number of anilines is 1. The molecule has 5 rings (SSSR count). The Morgan fingerprint density at radius 1 is 0.739 bits per heavy atom. The van der Waals surface area contributed by atoms with Crippen LogP contribution in [0.15, 0.2) is 121 Å². The zero-order chi connectivity index (χ0) is 31.2. The lowest BCUT2D eigenvalue weighted by Crippen LogP contribution is -2.46. The molecular weight excluding hydrogens is 596 g/mol. The molecule has 7 nitrogen and oxygen atoms in total. The van der Waals surface area contributed by atoms with E-state index >= 15 is 0 Å². The average Bonchev–Trinajstić information content (AvgIpc) is 3.10. The third kappa shape index (κ3) is 10.1. The van der Waals surface area contributed by atoms with Crippen LogP contribution in [0.5, 0.6) is 0 Å². The number of likely N-dealkylation sites (tertiary alicyclic amines) is 1. The van der Waals surface area contributed by atoms with Crippen molar-refractivity contribution in [2.24, 2.45) is 0 Å². The number of amides is 2. The Morgan fingerprint density at radius 2 is 1.28 bits per heavy atom. The molecule has 0 unspecified atom stereocenters. The summed E-state index contributed by atoms with van der Waals surface area (Å²) in [5.41, 5.74) is 3.99. The lowest BCUT2D eigenvalue weighted by molar-refractivity contribution is -0.120. The molecule has 0 bridgehead atoms. The Morgan fingerprint density at radius 3 is 1.87 bits per heavy atom. The molecule has 1 aliphatic heterocycles. The second-order valence-corrected chi connectivity index (χ2v) is 11.7. The van der Waals surface area contributed by atoms with E-state index in [1.54, 1.807) is 0 Å². The molecule has 0 atom stereocenters. The SMILES string of the molecule is Cl.O=C(CNC(=O)OCc1ccccc1)NCC(CCCN1CCC(Nc2ccccc2)CC1)(c1ccccc1)c1ccccc1. The Labute approximate surface area is 279 Å². The summed E-state index contributed by atoms with van der Waals surface area (Å²) in [4.78, 5) is 27.8. The Hall–Kier alpha value is -4.33. The van der Waals surface area contributed by atoms with Crippen molar-refractivity contribution in [1.29, 1.82) is 0 Å². The minimum Gasteiger partial charge on any atom is -0.445 e. The first-order valence-corrected chi connectivity index (χ1v) is 16.0. The van der Waals surface area contributed by atoms with Crippen LogP contribution in [0, 0.1) is 0 Å². The van der Waals surface area contributed by atoms with Crippen molar-refractivity contribution < 1.29 is 14.3 Å². The first-order valence-electron chi connectivity index (χ1n) is 16.0. The largest absolute Gasteiger partial charge is 0.445 e. The fourth-order valence-corrected chi connectivity index (χ4v) is 6.18. The van der Waals surface area contributed by atoms with E-state index in [9.17, 15) is 9.59 Å². The summed E-state index contributed by atoms with van der Waals surface area (Å²) in [5, 5.41) is 9.41. The molecule has 1 aliphatic rings. The van der Waals surface area contributed by atoms with E-state index in [0.717, 1.165) is 62.0 Å². The molecule has 1 fully saturated rings. The van der Waals surface area contributed by atoms with Gasteiger partial charge < -0.3 is 25.6 Å². The number of nitrogens with one attached hydrogen (secondary N) is 3. The number of alkyl carbamates (subject to hydrolysis) is 1. The van der Waals surface area contributed by atoms with Crippen molar-refractivity contribution in [2.75, 3.05) is 38.0 Å². The van der Waals surface area contributed by atoms with Gasteiger partial charge in [0.25, 0.3) is 0 Å². The average molecular weight is 641 g/mol. The van der Waals surface area contributed by atoms with Gasteiger partial charge in [0.2, 0.25) is 5.91 Å². The van der Waals surface area contributed by atoms with Crippen molar-refractivity contribution >= 4 is 30.1 Å². The number of ether oxygens (including phenoxy) is 1. The fraction of sp³-hybridized carbons (Fsp3) is 0.316. The molecule has 3 N–H and O–H groups in total. The van der Waals surface area contributed by atoms with E-state index in [2.05, 4.69) is 93.6 Å². The molecule has 242 valence electrons. The molecule has 1 saturated heterocycles.